The highest BCUT2D eigenvalue weighted by Crippen LogP contribution is 2.28. The van der Waals surface area contributed by atoms with Gasteiger partial charge in [-0.2, -0.15) is 0 Å². The molecule has 0 spiro atoms. The zero-order valence-corrected chi connectivity index (χ0v) is 11.8. The molecule has 0 bridgehead atoms. The lowest BCUT2D eigenvalue weighted by Crippen LogP contribution is -2.28. The highest BCUT2D eigenvalue weighted by molar-refractivity contribution is 7.10. The Kier molecular flexibility index (Phi) is 3.68. The third-order valence-electron chi connectivity index (χ3n) is 2.52. The average molecular weight is 262 g/mol. The highest BCUT2D eigenvalue weighted by atomic mass is 32.1. The van der Waals surface area contributed by atoms with E-state index in [1.165, 1.54) is 0 Å². The van der Waals surface area contributed by atoms with Crippen molar-refractivity contribution in [2.45, 2.75) is 26.3 Å². The molecule has 0 fully saturated rings. The molecule has 0 saturated carbocycles. The summed E-state index contributed by atoms with van der Waals surface area (Å²) in [6.07, 6.45) is 0. The third kappa shape index (κ3) is 2.89. The van der Waals surface area contributed by atoms with E-state index in [0.717, 1.165) is 22.0 Å². The van der Waals surface area contributed by atoms with Crippen molar-refractivity contribution in [1.29, 1.82) is 0 Å². The molecule has 0 unspecified atom stereocenters. The summed E-state index contributed by atoms with van der Waals surface area (Å²) in [7, 11) is 0. The molecule has 0 aliphatic rings. The molecule has 0 aliphatic carbocycles. The summed E-state index contributed by atoms with van der Waals surface area (Å²) in [4.78, 5) is 4.58. The molecule has 2 rings (SSSR count). The predicted octanol–water partition coefficient (Wildman–Crippen LogP) is 3.40. The highest BCUT2D eigenvalue weighted by Gasteiger charge is 2.18. The van der Waals surface area contributed by atoms with Crippen LogP contribution in [0.2, 0.25) is 0 Å². The number of benzene rings is 1. The monoisotopic (exact) mass is 262 g/mol. The Labute approximate surface area is 112 Å². The van der Waals surface area contributed by atoms with Gasteiger partial charge in [0.1, 0.15) is 10.8 Å². The van der Waals surface area contributed by atoms with Crippen molar-refractivity contribution in [2.24, 2.45) is 5.73 Å². The molecule has 1 heterocycles. The first-order valence-corrected chi connectivity index (χ1v) is 6.87. The van der Waals surface area contributed by atoms with Crippen molar-refractivity contribution in [1.82, 2.24) is 4.98 Å². The van der Waals surface area contributed by atoms with E-state index in [4.69, 9.17) is 10.5 Å². The molecule has 0 saturated heterocycles. The van der Waals surface area contributed by atoms with Crippen LogP contribution in [-0.2, 0) is 5.54 Å². The molecule has 4 heteroatoms. The fraction of sp³-hybridized carbons (Fsp3) is 0.357. The summed E-state index contributed by atoms with van der Waals surface area (Å²) in [5, 5.41) is 2.99. The number of hydrogen-bond donors (Lipinski definition) is 1. The number of thiazole rings is 1. The van der Waals surface area contributed by atoms with Crippen LogP contribution in [0.1, 0.15) is 25.8 Å². The lowest BCUT2D eigenvalue weighted by molar-refractivity contribution is 0.340. The second kappa shape index (κ2) is 5.08. The Morgan fingerprint density at radius 3 is 2.44 bits per heavy atom. The molecule has 2 N–H and O–H groups in total. The van der Waals surface area contributed by atoms with Gasteiger partial charge in [-0.15, -0.1) is 11.3 Å². The maximum atomic E-state index is 6.04. The quantitative estimate of drug-likeness (QED) is 0.918. The van der Waals surface area contributed by atoms with Crippen LogP contribution < -0.4 is 10.5 Å². The number of rotatable bonds is 4. The molecule has 0 amide bonds. The Hall–Kier alpha value is -1.39. The summed E-state index contributed by atoms with van der Waals surface area (Å²) in [5.74, 6) is 0.885. The van der Waals surface area contributed by atoms with Crippen molar-refractivity contribution in [3.63, 3.8) is 0 Å². The maximum Gasteiger partial charge on any atom is 0.119 e. The van der Waals surface area contributed by atoms with E-state index in [-0.39, 0.29) is 5.54 Å². The second-order valence-electron chi connectivity index (χ2n) is 4.72. The van der Waals surface area contributed by atoms with Crippen molar-refractivity contribution in [2.75, 3.05) is 6.61 Å². The summed E-state index contributed by atoms with van der Waals surface area (Å²) in [6, 6.07) is 7.97. The molecule has 0 aliphatic heterocycles. The normalized spacial score (nSPS) is 11.6. The lowest BCUT2D eigenvalue weighted by Gasteiger charge is -2.13. The van der Waals surface area contributed by atoms with Gasteiger partial charge in [-0.1, -0.05) is 0 Å². The molecular weight excluding hydrogens is 244 g/mol. The molecular formula is C14H18N2OS. The molecule has 0 atom stereocenters. The third-order valence-corrected chi connectivity index (χ3v) is 3.70. The number of aromatic nitrogens is 1. The van der Waals surface area contributed by atoms with E-state index < -0.39 is 0 Å². The van der Waals surface area contributed by atoms with Gasteiger partial charge in [0.05, 0.1) is 17.8 Å². The zero-order valence-electron chi connectivity index (χ0n) is 10.9. The Bertz CT molecular complexity index is 511. The van der Waals surface area contributed by atoms with Crippen LogP contribution in [0.4, 0.5) is 0 Å². The first kappa shape index (κ1) is 13.1. The number of ether oxygens (including phenoxy) is 1. The zero-order chi connectivity index (χ0) is 13.2. The first-order chi connectivity index (χ1) is 8.50. The molecule has 18 heavy (non-hydrogen) atoms. The number of nitrogens with two attached hydrogens (primary N) is 1. The Balaban J connectivity index is 2.23. The fourth-order valence-electron chi connectivity index (χ4n) is 1.59. The Morgan fingerprint density at radius 2 is 1.94 bits per heavy atom. The van der Waals surface area contributed by atoms with Crippen molar-refractivity contribution in [3.8, 4) is 17.0 Å². The largest absolute Gasteiger partial charge is 0.494 e. The van der Waals surface area contributed by atoms with Crippen molar-refractivity contribution in [3.05, 3.63) is 34.7 Å². The van der Waals surface area contributed by atoms with E-state index in [1.54, 1.807) is 11.3 Å². The van der Waals surface area contributed by atoms with E-state index in [1.807, 2.05) is 50.4 Å². The maximum absolute atomic E-state index is 6.04. The lowest BCUT2D eigenvalue weighted by atomic mass is 10.1. The fourth-order valence-corrected chi connectivity index (χ4v) is 2.46. The summed E-state index contributed by atoms with van der Waals surface area (Å²) in [5.41, 5.74) is 7.72. The van der Waals surface area contributed by atoms with Crippen molar-refractivity contribution < 1.29 is 4.74 Å². The van der Waals surface area contributed by atoms with Gasteiger partial charge in [-0.05, 0) is 45.0 Å². The van der Waals surface area contributed by atoms with Crippen LogP contribution in [-0.4, -0.2) is 11.6 Å². The van der Waals surface area contributed by atoms with Crippen LogP contribution in [0.5, 0.6) is 5.75 Å². The van der Waals surface area contributed by atoms with E-state index in [9.17, 15) is 0 Å². The van der Waals surface area contributed by atoms with Gasteiger partial charge in [0.25, 0.3) is 0 Å². The van der Waals surface area contributed by atoms with Gasteiger partial charge in [0.2, 0.25) is 0 Å². The van der Waals surface area contributed by atoms with Gasteiger partial charge in [-0.25, -0.2) is 4.98 Å². The molecule has 96 valence electrons. The minimum Gasteiger partial charge on any atom is -0.494 e. The molecule has 1 aromatic heterocycles. The first-order valence-electron chi connectivity index (χ1n) is 5.99. The SMILES string of the molecule is CCOc1ccc(-c2csc(C(C)(C)N)n2)cc1. The minimum absolute atomic E-state index is 0.381. The second-order valence-corrected chi connectivity index (χ2v) is 5.58. The van der Waals surface area contributed by atoms with Crippen LogP contribution >= 0.6 is 11.3 Å². The van der Waals surface area contributed by atoms with E-state index in [2.05, 4.69) is 4.98 Å². The smallest absolute Gasteiger partial charge is 0.119 e. The topological polar surface area (TPSA) is 48.1 Å². The van der Waals surface area contributed by atoms with E-state index >= 15 is 0 Å². The summed E-state index contributed by atoms with van der Waals surface area (Å²) >= 11 is 1.60. The molecule has 1 aromatic carbocycles. The minimum atomic E-state index is -0.381. The predicted molar refractivity (Wildman–Crippen MR) is 75.9 cm³/mol. The van der Waals surface area contributed by atoms with Crippen LogP contribution in [0.3, 0.4) is 0 Å². The van der Waals surface area contributed by atoms with Crippen LogP contribution in [0.15, 0.2) is 29.6 Å². The van der Waals surface area contributed by atoms with E-state index in [0.29, 0.717) is 6.61 Å². The van der Waals surface area contributed by atoms with Gasteiger partial charge < -0.3 is 10.5 Å². The average Bonchev–Trinajstić information content (AvgIpc) is 2.79. The van der Waals surface area contributed by atoms with Gasteiger partial charge in [-0.3, -0.25) is 0 Å². The van der Waals surface area contributed by atoms with Gasteiger partial charge in [0, 0.05) is 10.9 Å². The number of hydrogen-bond acceptors (Lipinski definition) is 4. The summed E-state index contributed by atoms with van der Waals surface area (Å²) < 4.78 is 5.42. The van der Waals surface area contributed by atoms with Gasteiger partial charge >= 0.3 is 0 Å². The van der Waals surface area contributed by atoms with Crippen LogP contribution in [0.25, 0.3) is 11.3 Å². The summed E-state index contributed by atoms with van der Waals surface area (Å²) in [6.45, 7) is 6.59. The molecule has 0 radical (unpaired) electrons. The standard InChI is InChI=1S/C14H18N2OS/c1-4-17-11-7-5-10(6-8-11)12-9-18-13(16-12)14(2,3)15/h5-9H,4,15H2,1-3H3. The number of nitrogens with zero attached hydrogens (tertiary/aromatic N) is 1. The van der Waals surface area contributed by atoms with Gasteiger partial charge in [0.15, 0.2) is 0 Å². The molecule has 2 aromatic rings. The molecule has 3 nitrogen and oxygen atoms in total. The van der Waals surface area contributed by atoms with Crippen LogP contribution in [0, 0.1) is 0 Å². The Morgan fingerprint density at radius 1 is 1.28 bits per heavy atom. The van der Waals surface area contributed by atoms with Crippen molar-refractivity contribution >= 4 is 11.3 Å².